The van der Waals surface area contributed by atoms with Crippen LogP contribution in [0.2, 0.25) is 5.02 Å². The van der Waals surface area contributed by atoms with Crippen LogP contribution >= 0.6 is 22.9 Å². The first-order chi connectivity index (χ1) is 15.7. The number of benzene rings is 2. The summed E-state index contributed by atoms with van der Waals surface area (Å²) >= 11 is 8.18. The van der Waals surface area contributed by atoms with Gasteiger partial charge in [0.2, 0.25) is 0 Å². The van der Waals surface area contributed by atoms with Crippen LogP contribution in [0.5, 0.6) is 0 Å². The fourth-order valence-electron chi connectivity index (χ4n) is 4.00. The number of rotatable bonds is 8. The number of hydrogen-bond acceptors (Lipinski definition) is 5. The van der Waals surface area contributed by atoms with Gasteiger partial charge in [-0.25, -0.2) is 8.42 Å². The van der Waals surface area contributed by atoms with E-state index in [4.69, 9.17) is 16.4 Å². The number of hydrogen-bond donors (Lipinski definition) is 0. The normalized spacial score (nSPS) is 16.4. The standard InChI is InChI=1S/C25H31ClN2O3S2/c1-4-25(2,3)31-27-16-14-19(15-17-27)18-28(33(29,30)20-10-6-5-7-11-20)24-23(26)21-12-8-9-13-22(21)32-24/h5-13,19H,4,14-18H2,1-3H3. The Bertz CT molecular complexity index is 1190. The van der Waals surface area contributed by atoms with Gasteiger partial charge in [0.25, 0.3) is 10.0 Å². The van der Waals surface area contributed by atoms with Crippen LogP contribution in [-0.2, 0) is 14.9 Å². The smallest absolute Gasteiger partial charge is 0.264 e. The molecule has 0 saturated carbocycles. The van der Waals surface area contributed by atoms with E-state index in [1.165, 1.54) is 15.6 Å². The number of thiophene rings is 1. The second kappa shape index (κ2) is 9.92. The number of anilines is 1. The molecule has 1 aromatic heterocycles. The van der Waals surface area contributed by atoms with E-state index in [-0.39, 0.29) is 16.4 Å². The Hall–Kier alpha value is -1.64. The van der Waals surface area contributed by atoms with Gasteiger partial charge >= 0.3 is 0 Å². The minimum Gasteiger partial charge on any atom is -0.293 e. The van der Waals surface area contributed by atoms with Gasteiger partial charge in [0.05, 0.1) is 15.5 Å². The van der Waals surface area contributed by atoms with E-state index < -0.39 is 10.0 Å². The van der Waals surface area contributed by atoms with Crippen molar-refractivity contribution >= 4 is 48.0 Å². The highest BCUT2D eigenvalue weighted by atomic mass is 35.5. The van der Waals surface area contributed by atoms with Gasteiger partial charge in [0, 0.05) is 29.7 Å². The van der Waals surface area contributed by atoms with Crippen LogP contribution in [0.1, 0.15) is 40.0 Å². The zero-order valence-corrected chi connectivity index (χ0v) is 21.7. The summed E-state index contributed by atoms with van der Waals surface area (Å²) in [5.41, 5.74) is -0.194. The summed E-state index contributed by atoms with van der Waals surface area (Å²) in [4.78, 5) is 6.43. The van der Waals surface area contributed by atoms with Crippen LogP contribution in [0.3, 0.4) is 0 Å². The monoisotopic (exact) mass is 506 g/mol. The lowest BCUT2D eigenvalue weighted by molar-refractivity contribution is -0.245. The molecule has 0 bridgehead atoms. The summed E-state index contributed by atoms with van der Waals surface area (Å²) in [5, 5.41) is 4.01. The minimum atomic E-state index is -3.76. The summed E-state index contributed by atoms with van der Waals surface area (Å²) in [6, 6.07) is 16.4. The number of piperidine rings is 1. The highest BCUT2D eigenvalue weighted by Gasteiger charge is 2.33. The van der Waals surface area contributed by atoms with Crippen molar-refractivity contribution in [2.24, 2.45) is 5.92 Å². The van der Waals surface area contributed by atoms with Crippen molar-refractivity contribution in [2.45, 2.75) is 50.5 Å². The zero-order chi connectivity index (χ0) is 23.6. The third kappa shape index (κ3) is 5.38. The first-order valence-electron chi connectivity index (χ1n) is 11.4. The van der Waals surface area contributed by atoms with Gasteiger partial charge in [-0.2, -0.15) is 5.06 Å². The molecule has 0 unspecified atom stereocenters. The van der Waals surface area contributed by atoms with Crippen LogP contribution in [-0.4, -0.2) is 38.7 Å². The van der Waals surface area contributed by atoms with Gasteiger partial charge < -0.3 is 0 Å². The van der Waals surface area contributed by atoms with E-state index in [0.717, 1.165) is 42.4 Å². The Morgan fingerprint density at radius 3 is 2.36 bits per heavy atom. The summed E-state index contributed by atoms with van der Waals surface area (Å²) in [6.07, 6.45) is 2.66. The minimum absolute atomic E-state index is 0.194. The molecule has 2 aromatic carbocycles. The lowest BCUT2D eigenvalue weighted by Gasteiger charge is -2.38. The summed E-state index contributed by atoms with van der Waals surface area (Å²) in [7, 11) is -3.76. The largest absolute Gasteiger partial charge is 0.293 e. The van der Waals surface area contributed by atoms with Gasteiger partial charge in [-0.05, 0) is 57.2 Å². The third-order valence-corrected chi connectivity index (χ3v) is 9.88. The van der Waals surface area contributed by atoms with E-state index in [9.17, 15) is 8.42 Å². The van der Waals surface area contributed by atoms with E-state index in [2.05, 4.69) is 20.8 Å². The Morgan fingerprint density at radius 2 is 1.73 bits per heavy atom. The highest BCUT2D eigenvalue weighted by Crippen LogP contribution is 2.44. The lowest BCUT2D eigenvalue weighted by atomic mass is 9.98. The fourth-order valence-corrected chi connectivity index (χ4v) is 7.38. The topological polar surface area (TPSA) is 49.9 Å². The van der Waals surface area contributed by atoms with E-state index in [1.54, 1.807) is 24.3 Å². The number of hydroxylamine groups is 2. The quantitative estimate of drug-likeness (QED) is 0.346. The third-order valence-electron chi connectivity index (χ3n) is 6.30. The molecule has 0 aliphatic carbocycles. The Balaban J connectivity index is 1.61. The van der Waals surface area contributed by atoms with Crippen LogP contribution in [0.25, 0.3) is 10.1 Å². The maximum absolute atomic E-state index is 13.8. The molecule has 33 heavy (non-hydrogen) atoms. The molecule has 178 valence electrons. The van der Waals surface area contributed by atoms with Crippen molar-refractivity contribution in [3.63, 3.8) is 0 Å². The Labute approximate surface area is 205 Å². The molecule has 0 amide bonds. The fraction of sp³-hybridized carbons (Fsp3) is 0.440. The first-order valence-corrected chi connectivity index (χ1v) is 14.0. The molecule has 2 heterocycles. The molecule has 1 aliphatic heterocycles. The van der Waals surface area contributed by atoms with Gasteiger partial charge in [0.1, 0.15) is 5.00 Å². The SMILES string of the molecule is CCC(C)(C)ON1CCC(CN(c2sc3ccccc3c2Cl)S(=O)(=O)c2ccccc2)CC1. The van der Waals surface area contributed by atoms with Gasteiger partial charge in [0.15, 0.2) is 0 Å². The second-order valence-corrected chi connectivity index (χ2v) is 12.4. The van der Waals surface area contributed by atoms with E-state index >= 15 is 0 Å². The number of nitrogens with zero attached hydrogens (tertiary/aromatic N) is 2. The van der Waals surface area contributed by atoms with Crippen molar-refractivity contribution in [1.29, 1.82) is 0 Å². The maximum atomic E-state index is 13.8. The molecule has 1 aliphatic rings. The highest BCUT2D eigenvalue weighted by molar-refractivity contribution is 7.93. The molecule has 4 rings (SSSR count). The number of fused-ring (bicyclic) bond motifs is 1. The van der Waals surface area contributed by atoms with Crippen LogP contribution < -0.4 is 4.31 Å². The second-order valence-electron chi connectivity index (χ2n) is 9.14. The molecule has 0 radical (unpaired) electrons. The predicted octanol–water partition coefficient (Wildman–Crippen LogP) is 6.58. The number of halogens is 1. The van der Waals surface area contributed by atoms with Crippen molar-refractivity contribution in [3.8, 4) is 0 Å². The number of sulfonamides is 1. The summed E-state index contributed by atoms with van der Waals surface area (Å²) in [6.45, 7) is 8.27. The molecule has 1 saturated heterocycles. The van der Waals surface area contributed by atoms with Crippen molar-refractivity contribution < 1.29 is 13.3 Å². The predicted molar refractivity (Wildman–Crippen MR) is 138 cm³/mol. The molecule has 8 heteroatoms. The van der Waals surface area contributed by atoms with Crippen molar-refractivity contribution in [1.82, 2.24) is 5.06 Å². The molecular formula is C25H31ClN2O3S2. The Morgan fingerprint density at radius 1 is 1.09 bits per heavy atom. The molecule has 0 atom stereocenters. The zero-order valence-electron chi connectivity index (χ0n) is 19.3. The van der Waals surface area contributed by atoms with Gasteiger partial charge in [-0.3, -0.25) is 9.14 Å². The molecule has 1 fully saturated rings. The maximum Gasteiger partial charge on any atom is 0.264 e. The van der Waals surface area contributed by atoms with E-state index in [1.807, 2.05) is 35.4 Å². The lowest BCUT2D eigenvalue weighted by Crippen LogP contribution is -2.43. The molecule has 0 N–H and O–H groups in total. The van der Waals surface area contributed by atoms with E-state index in [0.29, 0.717) is 16.6 Å². The van der Waals surface area contributed by atoms with Crippen LogP contribution in [0.15, 0.2) is 59.5 Å². The average molecular weight is 507 g/mol. The molecule has 0 spiro atoms. The molecule has 3 aromatic rings. The summed E-state index contributed by atoms with van der Waals surface area (Å²) in [5.74, 6) is 0.217. The van der Waals surface area contributed by atoms with Gasteiger partial charge in [-0.1, -0.05) is 54.9 Å². The van der Waals surface area contributed by atoms with Crippen LogP contribution in [0.4, 0.5) is 5.00 Å². The molecular weight excluding hydrogens is 476 g/mol. The summed E-state index contributed by atoms with van der Waals surface area (Å²) < 4.78 is 30.0. The van der Waals surface area contributed by atoms with Crippen molar-refractivity contribution in [3.05, 3.63) is 59.6 Å². The average Bonchev–Trinajstić information content (AvgIpc) is 3.15. The Kier molecular flexibility index (Phi) is 7.36. The first kappa shape index (κ1) is 24.5. The van der Waals surface area contributed by atoms with Crippen LogP contribution in [0, 0.1) is 5.92 Å². The van der Waals surface area contributed by atoms with Crippen molar-refractivity contribution in [2.75, 3.05) is 23.9 Å². The molecule has 5 nitrogen and oxygen atoms in total. The van der Waals surface area contributed by atoms with Gasteiger partial charge in [-0.15, -0.1) is 11.3 Å².